The van der Waals surface area contributed by atoms with Gasteiger partial charge in [0, 0.05) is 42.9 Å². The molecule has 1 aliphatic heterocycles. The van der Waals surface area contributed by atoms with E-state index < -0.39 is 17.4 Å². The van der Waals surface area contributed by atoms with E-state index in [1.54, 1.807) is 4.90 Å². The van der Waals surface area contributed by atoms with E-state index in [-0.39, 0.29) is 60.9 Å². The van der Waals surface area contributed by atoms with Crippen molar-refractivity contribution < 1.29 is 23.1 Å². The number of carbonyl (C=O) groups is 2. The van der Waals surface area contributed by atoms with Crippen molar-refractivity contribution in [1.29, 1.82) is 0 Å². The number of esters is 1. The van der Waals surface area contributed by atoms with Gasteiger partial charge >= 0.3 is 5.97 Å². The van der Waals surface area contributed by atoms with Crippen LogP contribution in [0.4, 0.5) is 8.78 Å². The van der Waals surface area contributed by atoms with Crippen LogP contribution in [0.3, 0.4) is 0 Å². The van der Waals surface area contributed by atoms with Crippen molar-refractivity contribution in [1.82, 2.24) is 4.90 Å². The molecule has 0 radical (unpaired) electrons. The summed E-state index contributed by atoms with van der Waals surface area (Å²) in [4.78, 5) is 25.1. The Morgan fingerprint density at radius 1 is 1.27 bits per heavy atom. The molecule has 0 aromatic heterocycles. The fourth-order valence-corrected chi connectivity index (χ4v) is 4.98. The molecule has 1 aliphatic carbocycles. The van der Waals surface area contributed by atoms with Crippen LogP contribution in [0.15, 0.2) is 18.2 Å². The van der Waals surface area contributed by atoms with E-state index in [0.29, 0.717) is 24.3 Å². The number of nitrogens with two attached hydrogens (primary N) is 1. The molecule has 0 bridgehead atoms. The summed E-state index contributed by atoms with van der Waals surface area (Å²) >= 11 is 11.8. The fraction of sp³-hybridized carbons (Fsp3) is 0.619. The maximum Gasteiger partial charge on any atom is 0.302 e. The van der Waals surface area contributed by atoms with Gasteiger partial charge in [0.25, 0.3) is 5.92 Å². The van der Waals surface area contributed by atoms with Gasteiger partial charge in [0.05, 0.1) is 10.6 Å². The van der Waals surface area contributed by atoms with Gasteiger partial charge in [0.1, 0.15) is 6.61 Å². The van der Waals surface area contributed by atoms with Crippen molar-refractivity contribution >= 4 is 35.1 Å². The summed E-state index contributed by atoms with van der Waals surface area (Å²) in [6.45, 7) is 2.06. The number of hydrogen-bond acceptors (Lipinski definition) is 4. The summed E-state index contributed by atoms with van der Waals surface area (Å²) in [6.07, 6.45) is 1.96. The van der Waals surface area contributed by atoms with Crippen LogP contribution in [-0.4, -0.2) is 42.0 Å². The number of halogens is 4. The smallest absolute Gasteiger partial charge is 0.302 e. The zero-order valence-corrected chi connectivity index (χ0v) is 18.3. The van der Waals surface area contributed by atoms with Gasteiger partial charge in [-0.25, -0.2) is 8.78 Å². The molecule has 5 nitrogen and oxygen atoms in total. The number of piperidine rings is 1. The van der Waals surface area contributed by atoms with E-state index in [9.17, 15) is 18.4 Å². The Kier molecular flexibility index (Phi) is 6.94. The van der Waals surface area contributed by atoms with E-state index in [1.165, 1.54) is 25.1 Å². The molecular formula is C21H26Cl2F2N2O3. The van der Waals surface area contributed by atoms with Crippen LogP contribution in [0.5, 0.6) is 0 Å². The highest BCUT2D eigenvalue weighted by Crippen LogP contribution is 2.45. The third-order valence-corrected chi connectivity index (χ3v) is 6.62. The van der Waals surface area contributed by atoms with Crippen LogP contribution in [0, 0.1) is 11.8 Å². The van der Waals surface area contributed by atoms with E-state index in [4.69, 9.17) is 33.7 Å². The van der Waals surface area contributed by atoms with E-state index in [0.717, 1.165) is 0 Å². The molecule has 1 saturated carbocycles. The van der Waals surface area contributed by atoms with Crippen LogP contribution < -0.4 is 5.73 Å². The van der Waals surface area contributed by atoms with Crippen molar-refractivity contribution in [3.8, 4) is 0 Å². The molecule has 9 heteroatoms. The lowest BCUT2D eigenvalue weighted by Crippen LogP contribution is -2.56. The number of ether oxygens (including phenoxy) is 1. The lowest BCUT2D eigenvalue weighted by molar-refractivity contribution is -0.146. The third kappa shape index (κ3) is 5.24. The van der Waals surface area contributed by atoms with Crippen LogP contribution in [0.2, 0.25) is 10.0 Å². The molecule has 166 valence electrons. The summed E-state index contributed by atoms with van der Waals surface area (Å²) in [6, 6.07) is 4.00. The predicted molar refractivity (Wildman–Crippen MR) is 111 cm³/mol. The normalized spacial score (nSPS) is 25.0. The Hall–Kier alpha value is -1.44. The number of rotatable bonds is 6. The molecule has 0 atom stereocenters. The quantitative estimate of drug-likeness (QED) is 0.636. The second-order valence-electron chi connectivity index (χ2n) is 8.52. The Bertz CT molecular complexity index is 807. The molecule has 0 spiro atoms. The van der Waals surface area contributed by atoms with Gasteiger partial charge in [-0.3, -0.25) is 9.59 Å². The Morgan fingerprint density at radius 2 is 1.90 bits per heavy atom. The molecular weight excluding hydrogens is 437 g/mol. The van der Waals surface area contributed by atoms with Crippen molar-refractivity contribution in [2.75, 3.05) is 19.7 Å². The highest BCUT2D eigenvalue weighted by atomic mass is 35.5. The zero-order chi connectivity index (χ0) is 22.1. The number of benzene rings is 1. The maximum atomic E-state index is 15.0. The van der Waals surface area contributed by atoms with Gasteiger partial charge in [-0.05, 0) is 43.7 Å². The number of alkyl halides is 2. The van der Waals surface area contributed by atoms with Gasteiger partial charge in [0.15, 0.2) is 0 Å². The first kappa shape index (κ1) is 23.2. The predicted octanol–water partition coefficient (Wildman–Crippen LogP) is 4.38. The number of amides is 1. The minimum absolute atomic E-state index is 0.0409. The van der Waals surface area contributed by atoms with Crippen molar-refractivity contribution in [3.63, 3.8) is 0 Å². The van der Waals surface area contributed by atoms with Crippen molar-refractivity contribution in [2.24, 2.45) is 17.6 Å². The highest BCUT2D eigenvalue weighted by molar-refractivity contribution is 6.35. The molecule has 1 aromatic carbocycles. The molecule has 1 saturated heterocycles. The monoisotopic (exact) mass is 462 g/mol. The van der Waals surface area contributed by atoms with Gasteiger partial charge < -0.3 is 15.4 Å². The van der Waals surface area contributed by atoms with Gasteiger partial charge in [-0.1, -0.05) is 29.3 Å². The Morgan fingerprint density at radius 3 is 2.47 bits per heavy atom. The minimum Gasteiger partial charge on any atom is -0.464 e. The van der Waals surface area contributed by atoms with Gasteiger partial charge in [-0.15, -0.1) is 0 Å². The topological polar surface area (TPSA) is 72.6 Å². The lowest BCUT2D eigenvalue weighted by atomic mass is 9.68. The van der Waals surface area contributed by atoms with Crippen LogP contribution in [0.25, 0.3) is 0 Å². The minimum atomic E-state index is -3.08. The number of likely N-dealkylation sites (tertiary alicyclic amines) is 1. The fourth-order valence-electron chi connectivity index (χ4n) is 4.44. The number of nitrogens with zero attached hydrogens (tertiary/aromatic N) is 1. The van der Waals surface area contributed by atoms with Crippen LogP contribution in [-0.2, 0) is 20.2 Å². The summed E-state index contributed by atoms with van der Waals surface area (Å²) in [5.74, 6) is -4.25. The third-order valence-electron chi connectivity index (χ3n) is 6.07. The average Bonchev–Trinajstić information content (AvgIpc) is 2.65. The van der Waals surface area contributed by atoms with E-state index in [2.05, 4.69) is 0 Å². The van der Waals surface area contributed by atoms with Gasteiger partial charge in [-0.2, -0.15) is 0 Å². The Balaban J connectivity index is 1.48. The second-order valence-corrected chi connectivity index (χ2v) is 9.37. The van der Waals surface area contributed by atoms with Crippen LogP contribution >= 0.6 is 23.2 Å². The summed E-state index contributed by atoms with van der Waals surface area (Å²) in [5, 5.41) is 0.264. The average molecular weight is 463 g/mol. The largest absolute Gasteiger partial charge is 0.464 e. The highest BCUT2D eigenvalue weighted by Gasteiger charge is 2.46. The first-order valence-corrected chi connectivity index (χ1v) is 10.8. The van der Waals surface area contributed by atoms with Crippen LogP contribution in [0.1, 0.15) is 44.6 Å². The number of carbonyl (C=O) groups excluding carboxylic acids is 2. The summed E-state index contributed by atoms with van der Waals surface area (Å²) in [5.41, 5.74) is 5.35. The maximum absolute atomic E-state index is 15.0. The Labute approximate surface area is 184 Å². The standard InChI is InChI=1S/C21H26Cl2F2N2O3/c1-13(28)30-12-20(26)10-14(11-20)8-19(29)27-6-4-15(5-7-27)21(24,25)17-3-2-16(22)9-18(17)23/h2-3,9,14-15H,4-8,10-12,26H2,1H3. The molecule has 1 heterocycles. The summed E-state index contributed by atoms with van der Waals surface area (Å²) in [7, 11) is 0. The lowest BCUT2D eigenvalue weighted by Gasteiger charge is -2.45. The van der Waals surface area contributed by atoms with Gasteiger partial charge in [0.2, 0.25) is 5.91 Å². The molecule has 0 unspecified atom stereocenters. The van der Waals surface area contributed by atoms with E-state index >= 15 is 0 Å². The SMILES string of the molecule is CC(=O)OCC1(N)CC(CC(=O)N2CCC(C(F)(F)c3ccc(Cl)cc3Cl)CC2)C1. The molecule has 2 aliphatic rings. The molecule has 1 aromatic rings. The second kappa shape index (κ2) is 8.97. The molecule has 3 rings (SSSR count). The molecule has 2 N–H and O–H groups in total. The zero-order valence-electron chi connectivity index (χ0n) is 16.8. The van der Waals surface area contributed by atoms with E-state index in [1.807, 2.05) is 0 Å². The molecule has 1 amide bonds. The molecule has 30 heavy (non-hydrogen) atoms. The molecule has 2 fully saturated rings. The summed E-state index contributed by atoms with van der Waals surface area (Å²) < 4.78 is 34.9. The van der Waals surface area contributed by atoms with Crippen molar-refractivity contribution in [2.45, 2.75) is 50.5 Å². The first-order chi connectivity index (χ1) is 14.0. The van der Waals surface area contributed by atoms with Crippen molar-refractivity contribution in [3.05, 3.63) is 33.8 Å². The number of hydrogen-bond donors (Lipinski definition) is 1. The first-order valence-electron chi connectivity index (χ1n) is 10.0.